The van der Waals surface area contributed by atoms with Gasteiger partial charge in [0.1, 0.15) is 17.8 Å². The van der Waals surface area contributed by atoms with Crippen LogP contribution in [-0.4, -0.2) is 85.0 Å². The van der Waals surface area contributed by atoms with Crippen LogP contribution in [0.2, 0.25) is 0 Å². The van der Waals surface area contributed by atoms with Crippen LogP contribution in [0.1, 0.15) is 69.9 Å². The molecule has 0 spiro atoms. The van der Waals surface area contributed by atoms with E-state index in [0.29, 0.717) is 25.1 Å². The monoisotopic (exact) mass is 561 g/mol. The van der Waals surface area contributed by atoms with Gasteiger partial charge in [0.25, 0.3) is 0 Å². The second-order valence-electron chi connectivity index (χ2n) is 11.7. The SMILES string of the molecule is CN[C@@H](C)C(=O)N[C@H](C(=O)N1C[C@H]2CCCN2C[C@H]1C(=O)N[C@@H]1CCOc2cc(F)c(F)cc21)C1CCCCC1. The highest BCUT2D eigenvalue weighted by molar-refractivity contribution is 5.93. The number of nitrogens with one attached hydrogen (secondary N) is 3. The molecule has 11 heteroatoms. The Labute approximate surface area is 234 Å². The molecule has 5 rings (SSSR count). The number of halogens is 2. The highest BCUT2D eigenvalue weighted by Gasteiger charge is 2.45. The first-order valence-electron chi connectivity index (χ1n) is 14.7. The number of nitrogens with zero attached hydrogens (tertiary/aromatic N) is 2. The minimum Gasteiger partial charge on any atom is -0.493 e. The summed E-state index contributed by atoms with van der Waals surface area (Å²) in [5.41, 5.74) is 0.389. The van der Waals surface area contributed by atoms with Crippen molar-refractivity contribution in [1.82, 2.24) is 25.8 Å². The predicted octanol–water partition coefficient (Wildman–Crippen LogP) is 2.25. The Morgan fingerprint density at radius 3 is 2.50 bits per heavy atom. The van der Waals surface area contributed by atoms with Gasteiger partial charge in [-0.15, -0.1) is 0 Å². The van der Waals surface area contributed by atoms with Crippen molar-refractivity contribution in [2.24, 2.45) is 5.92 Å². The highest BCUT2D eigenvalue weighted by atomic mass is 19.2. The summed E-state index contributed by atoms with van der Waals surface area (Å²) in [5, 5.41) is 8.99. The Balaban J connectivity index is 1.39. The number of piperazine rings is 1. The standard InChI is InChI=1S/C29H41F2N5O4/c1-17(32-2)27(37)34-26(18-7-4-3-5-8-18)29(39)36-15-19-9-6-11-35(19)16-24(36)28(38)33-23-10-12-40-25-14-22(31)21(30)13-20(23)25/h13-14,17-19,23-24,26,32H,3-12,15-16H2,1-2H3,(H,33,38)(H,34,37)/t17-,19+,23+,24-,26-/m0/s1. The van der Waals surface area contributed by atoms with Crippen LogP contribution in [0.4, 0.5) is 8.78 Å². The van der Waals surface area contributed by atoms with Gasteiger partial charge in [-0.25, -0.2) is 8.78 Å². The molecular formula is C29H41F2N5O4. The Morgan fingerprint density at radius 1 is 1.00 bits per heavy atom. The average Bonchev–Trinajstić information content (AvgIpc) is 3.43. The summed E-state index contributed by atoms with van der Waals surface area (Å²) in [6.07, 6.45) is 7.19. The summed E-state index contributed by atoms with van der Waals surface area (Å²) < 4.78 is 33.4. The number of hydrogen-bond acceptors (Lipinski definition) is 6. The van der Waals surface area contributed by atoms with Gasteiger partial charge >= 0.3 is 0 Å². The van der Waals surface area contributed by atoms with Crippen LogP contribution < -0.4 is 20.7 Å². The first-order valence-corrected chi connectivity index (χ1v) is 14.7. The fraction of sp³-hybridized carbons (Fsp3) is 0.690. The van der Waals surface area contributed by atoms with E-state index in [9.17, 15) is 23.2 Å². The summed E-state index contributed by atoms with van der Waals surface area (Å²) in [4.78, 5) is 45.1. The van der Waals surface area contributed by atoms with Crippen molar-refractivity contribution in [1.29, 1.82) is 0 Å². The van der Waals surface area contributed by atoms with Crippen LogP contribution >= 0.6 is 0 Å². The lowest BCUT2D eigenvalue weighted by Crippen LogP contribution is -2.66. The van der Waals surface area contributed by atoms with Crippen LogP contribution in [0.25, 0.3) is 0 Å². The lowest BCUT2D eigenvalue weighted by Gasteiger charge is -2.45. The summed E-state index contributed by atoms with van der Waals surface area (Å²) >= 11 is 0. The second kappa shape index (κ2) is 12.4. The molecule has 3 fully saturated rings. The molecule has 4 aliphatic rings. The van der Waals surface area contributed by atoms with E-state index < -0.39 is 35.8 Å². The van der Waals surface area contributed by atoms with Crippen LogP contribution in [0.15, 0.2) is 12.1 Å². The smallest absolute Gasteiger partial charge is 0.246 e. The maximum atomic E-state index is 14.3. The lowest BCUT2D eigenvalue weighted by atomic mass is 9.82. The molecule has 0 aromatic heterocycles. The number of carbonyl (C=O) groups is 3. The van der Waals surface area contributed by atoms with E-state index in [2.05, 4.69) is 20.9 Å². The molecule has 0 radical (unpaired) electrons. The van der Waals surface area contributed by atoms with Crippen molar-refractivity contribution in [3.63, 3.8) is 0 Å². The summed E-state index contributed by atoms with van der Waals surface area (Å²) in [6.45, 7) is 3.69. The number of hydrogen-bond donors (Lipinski definition) is 3. The maximum Gasteiger partial charge on any atom is 0.246 e. The minimum atomic E-state index is -1.00. The first kappa shape index (κ1) is 28.7. The van der Waals surface area contributed by atoms with Gasteiger partial charge < -0.3 is 25.6 Å². The van der Waals surface area contributed by atoms with Gasteiger partial charge in [-0.1, -0.05) is 19.3 Å². The zero-order valence-corrected chi connectivity index (χ0v) is 23.4. The summed E-state index contributed by atoms with van der Waals surface area (Å²) in [5.74, 6) is -2.56. The topological polar surface area (TPSA) is 103 Å². The number of likely N-dealkylation sites (N-methyl/N-ethyl adjacent to an activating group) is 1. The molecule has 0 bridgehead atoms. The van der Waals surface area contributed by atoms with Crippen molar-refractivity contribution >= 4 is 17.7 Å². The Bertz CT molecular complexity index is 1110. The fourth-order valence-corrected chi connectivity index (χ4v) is 6.72. The van der Waals surface area contributed by atoms with Crippen LogP contribution in [0.3, 0.4) is 0 Å². The van der Waals surface area contributed by atoms with Gasteiger partial charge in [0, 0.05) is 37.2 Å². The molecule has 2 saturated heterocycles. The Hall–Kier alpha value is -2.79. The average molecular weight is 562 g/mol. The van der Waals surface area contributed by atoms with Crippen molar-refractivity contribution in [2.75, 3.05) is 33.3 Å². The molecule has 3 N–H and O–H groups in total. The summed E-state index contributed by atoms with van der Waals surface area (Å²) in [7, 11) is 1.70. The molecular weight excluding hydrogens is 520 g/mol. The molecule has 1 aromatic carbocycles. The van der Waals surface area contributed by atoms with Crippen molar-refractivity contribution in [3.05, 3.63) is 29.3 Å². The molecule has 5 atom stereocenters. The van der Waals surface area contributed by atoms with E-state index in [-0.39, 0.29) is 42.0 Å². The molecule has 3 aliphatic heterocycles. The quantitative estimate of drug-likeness (QED) is 0.472. The predicted molar refractivity (Wildman–Crippen MR) is 144 cm³/mol. The van der Waals surface area contributed by atoms with Crippen molar-refractivity contribution in [3.8, 4) is 5.75 Å². The molecule has 1 aliphatic carbocycles. The molecule has 1 aromatic rings. The van der Waals surface area contributed by atoms with Crippen molar-refractivity contribution < 1.29 is 27.9 Å². The fourth-order valence-electron chi connectivity index (χ4n) is 6.72. The largest absolute Gasteiger partial charge is 0.493 e. The van der Waals surface area contributed by atoms with Gasteiger partial charge in [-0.05, 0) is 58.2 Å². The molecule has 0 unspecified atom stereocenters. The number of ether oxygens (including phenoxy) is 1. The summed E-state index contributed by atoms with van der Waals surface area (Å²) in [6, 6.07) is -0.220. The van der Waals surface area contributed by atoms with E-state index in [0.717, 1.165) is 63.6 Å². The maximum absolute atomic E-state index is 14.3. The number of benzene rings is 1. The number of fused-ring (bicyclic) bond motifs is 2. The molecule has 3 heterocycles. The van der Waals surface area contributed by atoms with Gasteiger partial charge in [0.2, 0.25) is 17.7 Å². The van der Waals surface area contributed by atoms with E-state index in [1.54, 1.807) is 18.9 Å². The highest BCUT2D eigenvalue weighted by Crippen LogP contribution is 2.35. The lowest BCUT2D eigenvalue weighted by molar-refractivity contribution is -0.149. The van der Waals surface area contributed by atoms with Gasteiger partial charge in [-0.3, -0.25) is 19.3 Å². The normalized spacial score (nSPS) is 26.7. The molecule has 40 heavy (non-hydrogen) atoms. The molecule has 9 nitrogen and oxygen atoms in total. The number of rotatable bonds is 7. The molecule has 3 amide bonds. The number of carbonyl (C=O) groups excluding carboxylic acids is 3. The van der Waals surface area contributed by atoms with Gasteiger partial charge in [-0.2, -0.15) is 0 Å². The van der Waals surface area contributed by atoms with E-state index >= 15 is 0 Å². The van der Waals surface area contributed by atoms with Crippen molar-refractivity contribution in [2.45, 2.75) is 88.5 Å². The third-order valence-corrected chi connectivity index (χ3v) is 9.20. The third-order valence-electron chi connectivity index (χ3n) is 9.20. The Kier molecular flexibility index (Phi) is 8.89. The van der Waals surface area contributed by atoms with Gasteiger partial charge in [0.05, 0.1) is 18.7 Å². The van der Waals surface area contributed by atoms with Gasteiger partial charge in [0.15, 0.2) is 11.6 Å². The van der Waals surface area contributed by atoms with E-state index in [4.69, 9.17) is 4.74 Å². The van der Waals surface area contributed by atoms with E-state index in [1.807, 2.05) is 0 Å². The Morgan fingerprint density at radius 2 is 1.75 bits per heavy atom. The van der Waals surface area contributed by atoms with Crippen LogP contribution in [-0.2, 0) is 14.4 Å². The number of amides is 3. The minimum absolute atomic E-state index is 0.0137. The molecule has 220 valence electrons. The zero-order valence-electron chi connectivity index (χ0n) is 23.4. The van der Waals surface area contributed by atoms with E-state index in [1.165, 1.54) is 0 Å². The first-order chi connectivity index (χ1) is 19.3. The zero-order chi connectivity index (χ0) is 28.4. The molecule has 1 saturated carbocycles. The van der Waals surface area contributed by atoms with Crippen LogP contribution in [0, 0.1) is 17.6 Å². The second-order valence-corrected chi connectivity index (χ2v) is 11.7. The third kappa shape index (κ3) is 5.95. The van der Waals surface area contributed by atoms with Crippen LogP contribution in [0.5, 0.6) is 5.75 Å².